The number of halogens is 1. The van der Waals surface area contributed by atoms with Crippen LogP contribution in [0.1, 0.15) is 12.8 Å². The Balaban J connectivity index is 2.41. The maximum Gasteiger partial charge on any atom is 0.150 e. The second-order valence-corrected chi connectivity index (χ2v) is 7.30. The smallest absolute Gasteiger partial charge is 0.150 e. The van der Waals surface area contributed by atoms with E-state index in [-0.39, 0.29) is 17.4 Å². The summed E-state index contributed by atoms with van der Waals surface area (Å²) < 4.78 is 32.5. The first-order valence-corrected chi connectivity index (χ1v) is 7.71. The fraction of sp³-hybridized carbons (Fsp3) is 1.00. The van der Waals surface area contributed by atoms with Crippen molar-refractivity contribution in [1.29, 1.82) is 0 Å². The zero-order chi connectivity index (χ0) is 9.19. The van der Waals surface area contributed by atoms with Gasteiger partial charge in [-0.05, 0) is 29.4 Å². The minimum absolute atomic E-state index is 0.228. The van der Waals surface area contributed by atoms with Gasteiger partial charge in [0.1, 0.15) is 19.9 Å². The number of sulfone groups is 1. The Labute approximate surface area is 79.4 Å². The Morgan fingerprint density at radius 3 is 2.25 bits per heavy atom. The quantitative estimate of drug-likeness (QED) is 0.657. The van der Waals surface area contributed by atoms with Gasteiger partial charge in [0, 0.05) is 5.75 Å². The summed E-state index contributed by atoms with van der Waals surface area (Å²) >= 11 is 0. The van der Waals surface area contributed by atoms with Crippen LogP contribution in [-0.2, 0) is 19.9 Å². The minimum atomic E-state index is -2.79. The first kappa shape index (κ1) is 10.5. The van der Waals surface area contributed by atoms with Gasteiger partial charge in [0.2, 0.25) is 0 Å². The lowest BCUT2D eigenvalue weighted by atomic mass is 10.1. The number of rotatable bonds is 2. The Kier molecular flexibility index (Phi) is 3.55. The number of hydrogen-bond donors (Lipinski definition) is 0. The summed E-state index contributed by atoms with van der Waals surface area (Å²) in [6.07, 6.45) is 1.22. The Hall–Kier alpha value is 0.390. The predicted octanol–water partition coefficient (Wildman–Crippen LogP) is 0.714. The van der Waals surface area contributed by atoms with Crippen molar-refractivity contribution in [2.24, 2.45) is 5.92 Å². The molecule has 0 spiro atoms. The van der Waals surface area contributed by atoms with E-state index in [1.54, 1.807) is 0 Å². The molecule has 0 aromatic rings. The minimum Gasteiger partial charge on any atom is -0.243 e. The molecule has 0 bridgehead atoms. The highest BCUT2D eigenvalue weighted by Gasteiger charge is 2.24. The molecular formula is C6H11ClO3S2. The summed E-state index contributed by atoms with van der Waals surface area (Å²) in [6.45, 7) is 0. The molecule has 1 aliphatic rings. The van der Waals surface area contributed by atoms with Gasteiger partial charge in [0.05, 0.1) is 11.5 Å². The third-order valence-electron chi connectivity index (χ3n) is 2.04. The standard InChI is InChI=1S/C6H11ClO3S2/c7-11(8)5-6-1-3-12(9,10)4-2-6/h6H,1-5H2. The van der Waals surface area contributed by atoms with Crippen molar-refractivity contribution < 1.29 is 12.6 Å². The van der Waals surface area contributed by atoms with Crippen LogP contribution < -0.4 is 0 Å². The van der Waals surface area contributed by atoms with E-state index in [0.717, 1.165) is 0 Å². The van der Waals surface area contributed by atoms with Crippen molar-refractivity contribution in [3.8, 4) is 0 Å². The van der Waals surface area contributed by atoms with Crippen LogP contribution in [0.15, 0.2) is 0 Å². The van der Waals surface area contributed by atoms with Gasteiger partial charge in [0.25, 0.3) is 0 Å². The lowest BCUT2D eigenvalue weighted by molar-refractivity contribution is 0.503. The first-order valence-electron chi connectivity index (χ1n) is 3.75. The summed E-state index contributed by atoms with van der Waals surface area (Å²) in [4.78, 5) is 0. The maximum atomic E-state index is 11.0. The molecule has 1 saturated heterocycles. The maximum absolute atomic E-state index is 11.0. The highest BCUT2D eigenvalue weighted by atomic mass is 35.7. The second kappa shape index (κ2) is 4.07. The van der Waals surface area contributed by atoms with Gasteiger partial charge in [-0.3, -0.25) is 0 Å². The highest BCUT2D eigenvalue weighted by Crippen LogP contribution is 2.20. The molecule has 0 aromatic carbocycles. The van der Waals surface area contributed by atoms with Crippen LogP contribution in [0.5, 0.6) is 0 Å². The van der Waals surface area contributed by atoms with Crippen LogP contribution in [0.2, 0.25) is 0 Å². The van der Waals surface area contributed by atoms with Crippen LogP contribution in [0.4, 0.5) is 0 Å². The van der Waals surface area contributed by atoms with Crippen LogP contribution in [0.3, 0.4) is 0 Å². The van der Waals surface area contributed by atoms with E-state index in [1.165, 1.54) is 0 Å². The molecule has 1 heterocycles. The molecule has 0 radical (unpaired) electrons. The predicted molar refractivity (Wildman–Crippen MR) is 50.2 cm³/mol. The first-order chi connectivity index (χ1) is 5.49. The number of hydrogen-bond acceptors (Lipinski definition) is 3. The van der Waals surface area contributed by atoms with Gasteiger partial charge in [-0.25, -0.2) is 12.6 Å². The fourth-order valence-corrected chi connectivity index (χ4v) is 4.12. The van der Waals surface area contributed by atoms with E-state index in [2.05, 4.69) is 0 Å². The molecule has 0 aromatic heterocycles. The van der Waals surface area contributed by atoms with Crippen LogP contribution in [-0.4, -0.2) is 29.9 Å². The van der Waals surface area contributed by atoms with Crippen molar-refractivity contribution in [2.45, 2.75) is 12.8 Å². The molecule has 1 unspecified atom stereocenters. The molecule has 1 fully saturated rings. The molecular weight excluding hydrogens is 220 g/mol. The topological polar surface area (TPSA) is 51.2 Å². The van der Waals surface area contributed by atoms with E-state index >= 15 is 0 Å². The zero-order valence-corrected chi connectivity index (χ0v) is 8.92. The SMILES string of the molecule is O=S(Cl)CC1CCS(=O)(=O)CC1. The van der Waals surface area contributed by atoms with Crippen LogP contribution >= 0.6 is 10.7 Å². The highest BCUT2D eigenvalue weighted by molar-refractivity contribution is 8.08. The molecule has 12 heavy (non-hydrogen) atoms. The van der Waals surface area contributed by atoms with Gasteiger partial charge < -0.3 is 0 Å². The summed E-state index contributed by atoms with van der Waals surface area (Å²) in [5.41, 5.74) is 0. The average molecular weight is 231 g/mol. The lowest BCUT2D eigenvalue weighted by Gasteiger charge is -2.19. The second-order valence-electron chi connectivity index (χ2n) is 3.05. The summed E-state index contributed by atoms with van der Waals surface area (Å²) in [5, 5.41) is 0. The largest absolute Gasteiger partial charge is 0.243 e. The molecule has 1 atom stereocenters. The lowest BCUT2D eigenvalue weighted by Crippen LogP contribution is -2.25. The van der Waals surface area contributed by atoms with Gasteiger partial charge in [-0.15, -0.1) is 0 Å². The van der Waals surface area contributed by atoms with Crippen LogP contribution in [0.25, 0.3) is 0 Å². The van der Waals surface area contributed by atoms with Crippen molar-refractivity contribution in [2.75, 3.05) is 17.3 Å². The van der Waals surface area contributed by atoms with Crippen molar-refractivity contribution in [3.05, 3.63) is 0 Å². The molecule has 0 N–H and O–H groups in total. The molecule has 0 saturated carbocycles. The third-order valence-corrected chi connectivity index (χ3v) is 4.87. The van der Waals surface area contributed by atoms with E-state index in [9.17, 15) is 12.6 Å². The molecule has 6 heteroatoms. The molecule has 1 rings (SSSR count). The Morgan fingerprint density at radius 2 is 1.83 bits per heavy atom. The van der Waals surface area contributed by atoms with E-state index in [1.807, 2.05) is 0 Å². The van der Waals surface area contributed by atoms with E-state index < -0.39 is 19.9 Å². The zero-order valence-electron chi connectivity index (χ0n) is 6.53. The third kappa shape index (κ3) is 3.41. The van der Waals surface area contributed by atoms with Gasteiger partial charge in [-0.2, -0.15) is 0 Å². The van der Waals surface area contributed by atoms with E-state index in [0.29, 0.717) is 18.6 Å². The Bertz CT molecular complexity index is 259. The van der Waals surface area contributed by atoms with Gasteiger partial charge in [-0.1, -0.05) is 0 Å². The van der Waals surface area contributed by atoms with Crippen molar-refractivity contribution in [1.82, 2.24) is 0 Å². The van der Waals surface area contributed by atoms with Crippen LogP contribution in [0, 0.1) is 5.92 Å². The molecule has 0 amide bonds. The summed E-state index contributed by atoms with van der Waals surface area (Å²) in [7, 11) is 1.20. The molecule has 72 valence electrons. The monoisotopic (exact) mass is 230 g/mol. The summed E-state index contributed by atoms with van der Waals surface area (Å²) in [6, 6.07) is 0. The fourth-order valence-electron chi connectivity index (χ4n) is 1.29. The Morgan fingerprint density at radius 1 is 1.33 bits per heavy atom. The normalized spacial score (nSPS) is 26.8. The van der Waals surface area contributed by atoms with Crippen molar-refractivity contribution in [3.63, 3.8) is 0 Å². The molecule has 3 nitrogen and oxygen atoms in total. The average Bonchev–Trinajstić information content (AvgIpc) is 1.93. The van der Waals surface area contributed by atoms with Gasteiger partial charge >= 0.3 is 0 Å². The molecule has 1 aliphatic heterocycles. The molecule has 0 aliphatic carbocycles. The van der Waals surface area contributed by atoms with Gasteiger partial charge in [0.15, 0.2) is 0 Å². The van der Waals surface area contributed by atoms with E-state index in [4.69, 9.17) is 10.7 Å². The summed E-state index contributed by atoms with van der Waals surface area (Å²) in [5.74, 6) is 1.11. The van der Waals surface area contributed by atoms with Crippen molar-refractivity contribution >= 4 is 30.5 Å².